The number of hydrogen-bond donors (Lipinski definition) is 1. The molecule has 2 aromatic carbocycles. The second-order valence-corrected chi connectivity index (χ2v) is 7.84. The van der Waals surface area contributed by atoms with Crippen molar-refractivity contribution in [3.8, 4) is 5.75 Å². The molecule has 0 radical (unpaired) electrons. The van der Waals surface area contributed by atoms with Crippen molar-refractivity contribution in [3.05, 3.63) is 65.7 Å². The van der Waals surface area contributed by atoms with Crippen molar-refractivity contribution in [1.82, 2.24) is 0 Å². The van der Waals surface area contributed by atoms with Gasteiger partial charge in [0.1, 0.15) is 5.75 Å². The van der Waals surface area contributed by atoms with Gasteiger partial charge < -0.3 is 15.0 Å². The maximum atomic E-state index is 5.88. The largest absolute Gasteiger partial charge is 0.494 e. The van der Waals surface area contributed by atoms with E-state index in [-0.39, 0.29) is 0 Å². The van der Waals surface area contributed by atoms with Crippen LogP contribution in [0.25, 0.3) is 0 Å². The number of rotatable bonds is 7. The summed E-state index contributed by atoms with van der Waals surface area (Å²) in [6.45, 7) is 9.43. The van der Waals surface area contributed by atoms with Crippen LogP contribution >= 0.6 is 0 Å². The zero-order valence-electron chi connectivity index (χ0n) is 17.3. The minimum Gasteiger partial charge on any atom is -0.494 e. The lowest BCUT2D eigenvalue weighted by atomic mass is 9.77. The summed E-state index contributed by atoms with van der Waals surface area (Å²) in [6, 6.07) is 16.1. The molecular weight excluding hydrogens is 344 g/mol. The SMILES string of the molecule is CCCOc1ccc2c(c1)C1C=CCC1C(c1ccc(N(CC)CC)cc1)N2. The molecule has 0 saturated carbocycles. The number of allylic oxidation sites excluding steroid dienone is 2. The Kier molecular flexibility index (Phi) is 5.61. The molecule has 3 heteroatoms. The highest BCUT2D eigenvalue weighted by Crippen LogP contribution is 2.50. The van der Waals surface area contributed by atoms with Crippen LogP contribution in [-0.2, 0) is 0 Å². The Labute approximate surface area is 169 Å². The first-order valence-corrected chi connectivity index (χ1v) is 10.8. The van der Waals surface area contributed by atoms with Gasteiger partial charge in [-0.3, -0.25) is 0 Å². The quantitative estimate of drug-likeness (QED) is 0.587. The van der Waals surface area contributed by atoms with Crippen molar-refractivity contribution in [2.45, 2.75) is 45.6 Å². The van der Waals surface area contributed by atoms with Crippen molar-refractivity contribution in [1.29, 1.82) is 0 Å². The number of hydrogen-bond acceptors (Lipinski definition) is 3. The smallest absolute Gasteiger partial charge is 0.119 e. The Balaban J connectivity index is 1.61. The maximum absolute atomic E-state index is 5.88. The van der Waals surface area contributed by atoms with Crippen LogP contribution in [0.5, 0.6) is 5.75 Å². The second kappa shape index (κ2) is 8.30. The van der Waals surface area contributed by atoms with E-state index in [0.29, 0.717) is 17.9 Å². The highest BCUT2D eigenvalue weighted by Gasteiger charge is 2.38. The molecule has 1 aliphatic heterocycles. The Morgan fingerprint density at radius 3 is 2.54 bits per heavy atom. The van der Waals surface area contributed by atoms with E-state index in [1.807, 2.05) is 0 Å². The number of nitrogens with zero attached hydrogens (tertiary/aromatic N) is 1. The molecule has 3 unspecified atom stereocenters. The molecule has 1 N–H and O–H groups in total. The van der Waals surface area contributed by atoms with Gasteiger partial charge in [0.05, 0.1) is 12.6 Å². The summed E-state index contributed by atoms with van der Waals surface area (Å²) in [5.41, 5.74) is 5.31. The molecule has 1 aliphatic carbocycles. The van der Waals surface area contributed by atoms with Gasteiger partial charge in [-0.1, -0.05) is 31.2 Å². The summed E-state index contributed by atoms with van der Waals surface area (Å²) in [7, 11) is 0. The molecule has 0 bridgehead atoms. The number of anilines is 2. The van der Waals surface area contributed by atoms with Gasteiger partial charge in [0.25, 0.3) is 0 Å². The first-order valence-electron chi connectivity index (χ1n) is 10.8. The monoisotopic (exact) mass is 376 g/mol. The van der Waals surface area contributed by atoms with E-state index < -0.39 is 0 Å². The molecule has 3 atom stereocenters. The van der Waals surface area contributed by atoms with Crippen LogP contribution in [0.15, 0.2) is 54.6 Å². The standard InChI is InChI=1S/C25H32N2O/c1-4-16-28-20-14-15-24-23(17-20)21-8-7-9-22(21)25(26-24)18-10-12-19(13-11-18)27(5-2)6-3/h7-8,10-15,17,21-22,25-26H,4-6,9,16H2,1-3H3. The van der Waals surface area contributed by atoms with Gasteiger partial charge in [-0.2, -0.15) is 0 Å². The lowest BCUT2D eigenvalue weighted by Gasteiger charge is -2.38. The van der Waals surface area contributed by atoms with E-state index in [1.165, 1.54) is 22.5 Å². The van der Waals surface area contributed by atoms with E-state index in [4.69, 9.17) is 4.74 Å². The van der Waals surface area contributed by atoms with E-state index in [9.17, 15) is 0 Å². The molecular formula is C25H32N2O. The minimum absolute atomic E-state index is 0.348. The highest BCUT2D eigenvalue weighted by molar-refractivity contribution is 5.62. The van der Waals surface area contributed by atoms with Crippen molar-refractivity contribution < 1.29 is 4.74 Å². The van der Waals surface area contributed by atoms with E-state index in [1.54, 1.807) is 0 Å². The van der Waals surface area contributed by atoms with Gasteiger partial charge in [-0.15, -0.1) is 0 Å². The summed E-state index contributed by atoms with van der Waals surface area (Å²) in [5, 5.41) is 3.84. The fourth-order valence-corrected chi connectivity index (χ4v) is 4.69. The lowest BCUT2D eigenvalue weighted by Crippen LogP contribution is -2.29. The molecule has 0 amide bonds. The van der Waals surface area contributed by atoms with Gasteiger partial charge in [-0.25, -0.2) is 0 Å². The van der Waals surface area contributed by atoms with Crippen LogP contribution in [0.4, 0.5) is 11.4 Å². The van der Waals surface area contributed by atoms with E-state index >= 15 is 0 Å². The van der Waals surface area contributed by atoms with Gasteiger partial charge >= 0.3 is 0 Å². The summed E-state index contributed by atoms with van der Waals surface area (Å²) in [5.74, 6) is 2.02. The summed E-state index contributed by atoms with van der Waals surface area (Å²) < 4.78 is 5.88. The molecule has 2 aromatic rings. The lowest BCUT2D eigenvalue weighted by molar-refractivity contribution is 0.316. The molecule has 0 aromatic heterocycles. The van der Waals surface area contributed by atoms with Gasteiger partial charge in [-0.05, 0) is 74.1 Å². The fourth-order valence-electron chi connectivity index (χ4n) is 4.69. The second-order valence-electron chi connectivity index (χ2n) is 7.84. The number of ether oxygens (including phenoxy) is 1. The van der Waals surface area contributed by atoms with Crippen molar-refractivity contribution >= 4 is 11.4 Å². The summed E-state index contributed by atoms with van der Waals surface area (Å²) in [4.78, 5) is 2.39. The number of nitrogens with one attached hydrogen (secondary N) is 1. The van der Waals surface area contributed by atoms with Gasteiger partial charge in [0.2, 0.25) is 0 Å². The molecule has 28 heavy (non-hydrogen) atoms. The van der Waals surface area contributed by atoms with Crippen molar-refractivity contribution in [3.63, 3.8) is 0 Å². The number of fused-ring (bicyclic) bond motifs is 3. The van der Waals surface area contributed by atoms with Crippen molar-refractivity contribution in [2.24, 2.45) is 5.92 Å². The molecule has 148 valence electrons. The van der Waals surface area contributed by atoms with Crippen LogP contribution in [0.1, 0.15) is 56.7 Å². The zero-order chi connectivity index (χ0) is 19.5. The summed E-state index contributed by atoms with van der Waals surface area (Å²) in [6.07, 6.45) is 6.90. The van der Waals surface area contributed by atoms with E-state index in [0.717, 1.165) is 38.3 Å². The fraction of sp³-hybridized carbons (Fsp3) is 0.440. The van der Waals surface area contributed by atoms with Crippen molar-refractivity contribution in [2.75, 3.05) is 29.9 Å². The molecule has 0 saturated heterocycles. The first kappa shape index (κ1) is 18.9. The Bertz CT molecular complexity index is 823. The van der Waals surface area contributed by atoms with E-state index in [2.05, 4.69) is 85.6 Å². The van der Waals surface area contributed by atoms with Crippen LogP contribution in [0, 0.1) is 5.92 Å². The van der Waals surface area contributed by atoms with Gasteiger partial charge in [0.15, 0.2) is 0 Å². The maximum Gasteiger partial charge on any atom is 0.119 e. The Morgan fingerprint density at radius 1 is 1.04 bits per heavy atom. The highest BCUT2D eigenvalue weighted by atomic mass is 16.5. The average molecular weight is 377 g/mol. The van der Waals surface area contributed by atoms with Crippen LogP contribution in [0.2, 0.25) is 0 Å². The van der Waals surface area contributed by atoms with Crippen LogP contribution in [-0.4, -0.2) is 19.7 Å². The normalized spacial score (nSPS) is 22.3. The topological polar surface area (TPSA) is 24.5 Å². The molecule has 1 heterocycles. The molecule has 0 spiro atoms. The molecule has 0 fully saturated rings. The molecule has 3 nitrogen and oxygen atoms in total. The van der Waals surface area contributed by atoms with Crippen LogP contribution < -0.4 is 15.0 Å². The molecule has 4 rings (SSSR count). The predicted octanol–water partition coefficient (Wildman–Crippen LogP) is 6.15. The predicted molar refractivity (Wildman–Crippen MR) is 119 cm³/mol. The Hall–Kier alpha value is -2.42. The minimum atomic E-state index is 0.348. The third-order valence-corrected chi connectivity index (χ3v) is 6.19. The van der Waals surface area contributed by atoms with Crippen LogP contribution in [0.3, 0.4) is 0 Å². The summed E-state index contributed by atoms with van der Waals surface area (Å²) >= 11 is 0. The first-order chi connectivity index (χ1) is 13.7. The average Bonchev–Trinajstić information content (AvgIpc) is 3.23. The zero-order valence-corrected chi connectivity index (χ0v) is 17.3. The van der Waals surface area contributed by atoms with Gasteiger partial charge in [0, 0.05) is 30.4 Å². The Morgan fingerprint density at radius 2 is 1.82 bits per heavy atom. The third kappa shape index (κ3) is 3.50. The molecule has 2 aliphatic rings. The third-order valence-electron chi connectivity index (χ3n) is 6.19. The number of benzene rings is 2.